The first kappa shape index (κ1) is 18.2. The van der Waals surface area contributed by atoms with E-state index in [-0.39, 0.29) is 25.7 Å². The van der Waals surface area contributed by atoms with Gasteiger partial charge < -0.3 is 9.84 Å². The van der Waals surface area contributed by atoms with Crippen LogP contribution in [0, 0.1) is 6.92 Å². The number of aryl methyl sites for hydroxylation is 1. The third-order valence-corrected chi connectivity index (χ3v) is 5.06. The number of amides is 1. The summed E-state index contributed by atoms with van der Waals surface area (Å²) in [6.07, 6.45) is 1.14. The number of fused-ring (bicyclic) bond motifs is 3. The predicted molar refractivity (Wildman–Crippen MR) is 108 cm³/mol. The number of aliphatic hydroxyl groups is 1. The van der Waals surface area contributed by atoms with Gasteiger partial charge in [-0.05, 0) is 46.9 Å². The second-order valence-corrected chi connectivity index (χ2v) is 6.87. The normalized spacial score (nSPS) is 12.4. The van der Waals surface area contributed by atoms with Gasteiger partial charge in [0.05, 0.1) is 13.2 Å². The second-order valence-electron chi connectivity index (χ2n) is 6.87. The van der Waals surface area contributed by atoms with Crippen molar-refractivity contribution >= 4 is 11.9 Å². The zero-order chi connectivity index (χ0) is 19.5. The number of anilines is 1. The molecule has 3 aromatic rings. The molecule has 0 bridgehead atoms. The van der Waals surface area contributed by atoms with Crippen LogP contribution in [0.3, 0.4) is 0 Å². The molecule has 4 rings (SSSR count). The maximum absolute atomic E-state index is 12.8. The van der Waals surface area contributed by atoms with Crippen molar-refractivity contribution in [3.63, 3.8) is 0 Å². The molecule has 28 heavy (non-hydrogen) atoms. The Balaban J connectivity index is 1.56. The summed E-state index contributed by atoms with van der Waals surface area (Å²) in [6, 6.07) is 20.1. The summed E-state index contributed by atoms with van der Waals surface area (Å²) >= 11 is 0. The average molecular weight is 374 g/mol. The van der Waals surface area contributed by atoms with Crippen molar-refractivity contribution in [3.8, 4) is 11.1 Å². The lowest BCUT2D eigenvalue weighted by molar-refractivity contribution is 0.148. The number of aromatic nitrogens is 1. The molecule has 2 aromatic carbocycles. The van der Waals surface area contributed by atoms with Gasteiger partial charge >= 0.3 is 6.09 Å². The Kier molecular flexibility index (Phi) is 5.08. The molecule has 1 aliphatic carbocycles. The fourth-order valence-electron chi connectivity index (χ4n) is 3.74. The Hall–Kier alpha value is -3.18. The van der Waals surface area contributed by atoms with Crippen LogP contribution in [-0.4, -0.2) is 35.9 Å². The van der Waals surface area contributed by atoms with E-state index in [1.807, 2.05) is 37.3 Å². The summed E-state index contributed by atoms with van der Waals surface area (Å²) < 4.78 is 5.68. The van der Waals surface area contributed by atoms with Crippen LogP contribution in [0.4, 0.5) is 10.6 Å². The molecule has 0 radical (unpaired) electrons. The number of pyridine rings is 1. The van der Waals surface area contributed by atoms with Crippen molar-refractivity contribution in [1.29, 1.82) is 0 Å². The van der Waals surface area contributed by atoms with Gasteiger partial charge in [0.15, 0.2) is 0 Å². The minimum absolute atomic E-state index is 0.00204. The minimum atomic E-state index is -0.506. The molecule has 5 heteroatoms. The summed E-state index contributed by atoms with van der Waals surface area (Å²) in [5.74, 6) is 0.476. The Morgan fingerprint density at radius 3 is 2.32 bits per heavy atom. The Morgan fingerprint density at radius 1 is 1.07 bits per heavy atom. The standard InChI is InChI=1S/C23H22N2O3/c1-16-10-11-24-22(14-16)25(12-13-26)23(27)28-15-21-19-8-4-2-6-17(19)18-7-3-5-9-20(18)21/h2-11,14,21,26H,12-13,15H2,1H3. The topological polar surface area (TPSA) is 62.7 Å². The smallest absolute Gasteiger partial charge is 0.415 e. The highest BCUT2D eigenvalue weighted by atomic mass is 16.6. The van der Waals surface area contributed by atoms with Crippen LogP contribution >= 0.6 is 0 Å². The van der Waals surface area contributed by atoms with Gasteiger partial charge in [-0.2, -0.15) is 0 Å². The highest BCUT2D eigenvalue weighted by Crippen LogP contribution is 2.44. The van der Waals surface area contributed by atoms with Crippen molar-refractivity contribution in [3.05, 3.63) is 83.6 Å². The van der Waals surface area contributed by atoms with Crippen LogP contribution in [0.25, 0.3) is 11.1 Å². The largest absolute Gasteiger partial charge is 0.448 e. The molecule has 142 valence electrons. The van der Waals surface area contributed by atoms with Crippen LogP contribution in [0.15, 0.2) is 66.9 Å². The van der Waals surface area contributed by atoms with E-state index >= 15 is 0 Å². The Labute approximate surface area is 164 Å². The monoisotopic (exact) mass is 374 g/mol. The molecular formula is C23H22N2O3. The number of rotatable bonds is 5. The lowest BCUT2D eigenvalue weighted by Crippen LogP contribution is -2.35. The molecule has 1 aliphatic rings. The van der Waals surface area contributed by atoms with E-state index in [0.29, 0.717) is 5.82 Å². The summed E-state index contributed by atoms with van der Waals surface area (Å²) in [4.78, 5) is 18.4. The molecule has 1 N–H and O–H groups in total. The van der Waals surface area contributed by atoms with Gasteiger partial charge in [0.1, 0.15) is 12.4 Å². The number of carbonyl (C=O) groups excluding carboxylic acids is 1. The lowest BCUT2D eigenvalue weighted by atomic mass is 9.98. The fourth-order valence-corrected chi connectivity index (χ4v) is 3.74. The molecule has 0 saturated carbocycles. The third-order valence-electron chi connectivity index (χ3n) is 5.06. The Morgan fingerprint density at radius 2 is 1.71 bits per heavy atom. The summed E-state index contributed by atoms with van der Waals surface area (Å²) in [6.45, 7) is 2.13. The van der Waals surface area contributed by atoms with Gasteiger partial charge in [0.2, 0.25) is 0 Å². The van der Waals surface area contributed by atoms with E-state index in [9.17, 15) is 9.90 Å². The molecular weight excluding hydrogens is 352 g/mol. The van der Waals surface area contributed by atoms with Crippen LogP contribution < -0.4 is 4.90 Å². The number of aliphatic hydroxyl groups excluding tert-OH is 1. The number of nitrogens with zero attached hydrogens (tertiary/aromatic N) is 2. The van der Waals surface area contributed by atoms with Crippen molar-refractivity contribution in [2.75, 3.05) is 24.7 Å². The molecule has 0 fully saturated rings. The first-order valence-electron chi connectivity index (χ1n) is 9.35. The van der Waals surface area contributed by atoms with Crippen LogP contribution in [0.5, 0.6) is 0 Å². The number of carbonyl (C=O) groups is 1. The lowest BCUT2D eigenvalue weighted by Gasteiger charge is -2.22. The number of ether oxygens (including phenoxy) is 1. The van der Waals surface area contributed by atoms with Gasteiger partial charge in [-0.1, -0.05) is 48.5 Å². The van der Waals surface area contributed by atoms with Crippen LogP contribution in [0.1, 0.15) is 22.6 Å². The number of hydrogen-bond donors (Lipinski definition) is 1. The van der Waals surface area contributed by atoms with E-state index in [1.165, 1.54) is 27.2 Å². The molecule has 5 nitrogen and oxygen atoms in total. The first-order chi connectivity index (χ1) is 13.7. The van der Waals surface area contributed by atoms with E-state index in [0.717, 1.165) is 5.56 Å². The van der Waals surface area contributed by atoms with Gasteiger partial charge in [-0.15, -0.1) is 0 Å². The average Bonchev–Trinajstić information content (AvgIpc) is 3.04. The van der Waals surface area contributed by atoms with Gasteiger partial charge in [0, 0.05) is 12.1 Å². The van der Waals surface area contributed by atoms with Crippen LogP contribution in [-0.2, 0) is 4.74 Å². The van der Waals surface area contributed by atoms with Gasteiger partial charge in [0.25, 0.3) is 0 Å². The molecule has 0 atom stereocenters. The SMILES string of the molecule is Cc1ccnc(N(CCO)C(=O)OCC2c3ccccc3-c3ccccc32)c1. The maximum Gasteiger partial charge on any atom is 0.415 e. The Bertz CT molecular complexity index is 957. The van der Waals surface area contributed by atoms with Crippen molar-refractivity contribution in [2.24, 2.45) is 0 Å². The minimum Gasteiger partial charge on any atom is -0.448 e. The van der Waals surface area contributed by atoms with Crippen molar-refractivity contribution < 1.29 is 14.6 Å². The second kappa shape index (κ2) is 7.82. The van der Waals surface area contributed by atoms with Crippen molar-refractivity contribution in [2.45, 2.75) is 12.8 Å². The zero-order valence-electron chi connectivity index (χ0n) is 15.7. The summed E-state index contributed by atoms with van der Waals surface area (Å²) in [5, 5.41) is 9.38. The summed E-state index contributed by atoms with van der Waals surface area (Å²) in [5.41, 5.74) is 5.69. The fraction of sp³-hybridized carbons (Fsp3) is 0.217. The quantitative estimate of drug-likeness (QED) is 0.729. The first-order valence-corrected chi connectivity index (χ1v) is 9.35. The molecule has 1 heterocycles. The molecule has 0 unspecified atom stereocenters. The molecule has 1 amide bonds. The van der Waals surface area contributed by atoms with E-state index in [2.05, 4.69) is 29.2 Å². The third kappa shape index (κ3) is 3.37. The molecule has 0 spiro atoms. The highest BCUT2D eigenvalue weighted by Gasteiger charge is 2.30. The zero-order valence-corrected chi connectivity index (χ0v) is 15.7. The van der Waals surface area contributed by atoms with Crippen molar-refractivity contribution in [1.82, 2.24) is 4.98 Å². The van der Waals surface area contributed by atoms with E-state index < -0.39 is 6.09 Å². The molecule has 0 saturated heterocycles. The highest BCUT2D eigenvalue weighted by molar-refractivity contribution is 5.86. The number of hydrogen-bond acceptors (Lipinski definition) is 4. The van der Waals surface area contributed by atoms with E-state index in [1.54, 1.807) is 12.3 Å². The predicted octanol–water partition coefficient (Wildman–Crippen LogP) is 4.14. The van der Waals surface area contributed by atoms with Gasteiger partial charge in [-0.25, -0.2) is 9.78 Å². The van der Waals surface area contributed by atoms with E-state index in [4.69, 9.17) is 4.74 Å². The van der Waals surface area contributed by atoms with Gasteiger partial charge in [-0.3, -0.25) is 4.90 Å². The summed E-state index contributed by atoms with van der Waals surface area (Å²) in [7, 11) is 0. The maximum atomic E-state index is 12.8. The number of benzene rings is 2. The molecule has 0 aliphatic heterocycles. The molecule has 1 aromatic heterocycles. The van der Waals surface area contributed by atoms with Crippen LogP contribution in [0.2, 0.25) is 0 Å².